The average molecular weight is 262 g/mol. The lowest BCUT2D eigenvalue weighted by molar-refractivity contribution is 0.823. The van der Waals surface area contributed by atoms with Gasteiger partial charge in [-0.25, -0.2) is 0 Å². The topological polar surface area (TPSA) is 102 Å². The highest BCUT2D eigenvalue weighted by molar-refractivity contribution is 5.50. The predicted molar refractivity (Wildman–Crippen MR) is 79.5 cm³/mol. The first-order chi connectivity index (χ1) is 8.24. The lowest BCUT2D eigenvalue weighted by Crippen LogP contribution is -1.95. The summed E-state index contributed by atoms with van der Waals surface area (Å²) in [4.78, 5) is 4.45. The summed E-state index contributed by atoms with van der Waals surface area (Å²) >= 11 is 0. The van der Waals surface area contributed by atoms with Gasteiger partial charge in [0.15, 0.2) is 0 Å². The number of hydrogen-bond donors (Lipinski definition) is 1. The third kappa shape index (κ3) is 5.50. The smallest absolute Gasteiger partial charge is 0.0447 e. The van der Waals surface area contributed by atoms with Crippen molar-refractivity contribution in [1.29, 1.82) is 0 Å². The van der Waals surface area contributed by atoms with Gasteiger partial charge in [-0.2, -0.15) is 0 Å². The van der Waals surface area contributed by atoms with Crippen molar-refractivity contribution in [1.82, 2.24) is 4.98 Å². The third-order valence-corrected chi connectivity index (χ3v) is 2.70. The Kier molecular flexibility index (Phi) is 7.41. The molecule has 0 amide bonds. The van der Waals surface area contributed by atoms with Gasteiger partial charge in [-0.15, -0.1) is 0 Å². The van der Waals surface area contributed by atoms with E-state index in [1.807, 2.05) is 19.2 Å². The van der Waals surface area contributed by atoms with Crippen molar-refractivity contribution in [3.8, 4) is 0 Å². The number of hydrogen-bond acceptors (Lipinski definition) is 2. The second-order valence-electron chi connectivity index (χ2n) is 4.41. The monoisotopic (exact) mass is 262 g/mol. The first-order valence-corrected chi connectivity index (χ1v) is 5.98. The van der Waals surface area contributed by atoms with Gasteiger partial charge in [0.05, 0.1) is 0 Å². The summed E-state index contributed by atoms with van der Waals surface area (Å²) in [5.74, 6) is 0. The minimum Gasteiger partial charge on any atom is -0.412 e. The molecule has 4 heteroatoms. The van der Waals surface area contributed by atoms with E-state index in [4.69, 9.17) is 5.73 Å². The van der Waals surface area contributed by atoms with E-state index in [1.165, 1.54) is 5.57 Å². The summed E-state index contributed by atoms with van der Waals surface area (Å²) in [6, 6.07) is 4.13. The number of pyridine rings is 1. The molecule has 0 aliphatic heterocycles. The van der Waals surface area contributed by atoms with Crippen molar-refractivity contribution in [3.63, 3.8) is 0 Å². The van der Waals surface area contributed by atoms with Crippen LogP contribution in [0.4, 0.5) is 0 Å². The SMILES string of the molecule is C/C(N)=C\c1ccc(CC2=CCCC=C2)nc1.O.O. The highest BCUT2D eigenvalue weighted by atomic mass is 16.0. The Hall–Kier alpha value is -1.91. The van der Waals surface area contributed by atoms with Crippen LogP contribution in [-0.2, 0) is 6.42 Å². The summed E-state index contributed by atoms with van der Waals surface area (Å²) in [7, 11) is 0. The van der Waals surface area contributed by atoms with Gasteiger partial charge >= 0.3 is 0 Å². The molecule has 0 saturated carbocycles. The molecule has 0 unspecified atom stereocenters. The Morgan fingerprint density at radius 3 is 2.63 bits per heavy atom. The van der Waals surface area contributed by atoms with Crippen LogP contribution in [0.15, 0.2) is 47.8 Å². The predicted octanol–water partition coefficient (Wildman–Crippen LogP) is 1.57. The summed E-state index contributed by atoms with van der Waals surface area (Å²) < 4.78 is 0. The molecule has 1 aliphatic rings. The van der Waals surface area contributed by atoms with Crippen LogP contribution in [0.25, 0.3) is 6.08 Å². The molecule has 0 spiro atoms. The molecule has 0 radical (unpaired) electrons. The van der Waals surface area contributed by atoms with Crippen LogP contribution >= 0.6 is 0 Å². The highest BCUT2D eigenvalue weighted by Crippen LogP contribution is 2.14. The molecule has 1 heterocycles. The molecule has 0 bridgehead atoms. The van der Waals surface area contributed by atoms with E-state index < -0.39 is 0 Å². The van der Waals surface area contributed by atoms with E-state index in [9.17, 15) is 0 Å². The number of nitrogens with two attached hydrogens (primary N) is 1. The molecule has 6 N–H and O–H groups in total. The van der Waals surface area contributed by atoms with Crippen LogP contribution < -0.4 is 5.73 Å². The maximum Gasteiger partial charge on any atom is 0.0447 e. The molecule has 4 nitrogen and oxygen atoms in total. The lowest BCUT2D eigenvalue weighted by atomic mass is 10.0. The Labute approximate surface area is 114 Å². The van der Waals surface area contributed by atoms with Gasteiger partial charge in [-0.3, -0.25) is 4.98 Å². The molecule has 1 aliphatic carbocycles. The quantitative estimate of drug-likeness (QED) is 0.893. The van der Waals surface area contributed by atoms with Gasteiger partial charge in [-0.05, 0) is 43.0 Å². The molecule has 2 rings (SSSR count). The highest BCUT2D eigenvalue weighted by Gasteiger charge is 2.00. The number of aromatic nitrogens is 1. The number of allylic oxidation sites excluding steroid dienone is 5. The molecule has 0 fully saturated rings. The summed E-state index contributed by atoms with van der Waals surface area (Å²) in [6.45, 7) is 1.88. The minimum absolute atomic E-state index is 0. The Morgan fingerprint density at radius 1 is 1.32 bits per heavy atom. The molecule has 1 aromatic heterocycles. The number of nitrogens with zero attached hydrogens (tertiary/aromatic N) is 1. The molecule has 1 aromatic rings. The Morgan fingerprint density at radius 2 is 2.11 bits per heavy atom. The molecule has 0 saturated heterocycles. The Balaban J connectivity index is 0.00000162. The summed E-state index contributed by atoms with van der Waals surface area (Å²) in [6.07, 6.45) is 13.7. The second kappa shape index (κ2) is 8.24. The van der Waals surface area contributed by atoms with Crippen LogP contribution in [0.5, 0.6) is 0 Å². The zero-order chi connectivity index (χ0) is 12.1. The summed E-state index contributed by atoms with van der Waals surface area (Å²) in [5, 5.41) is 0. The van der Waals surface area contributed by atoms with Crippen molar-refractivity contribution < 1.29 is 11.0 Å². The largest absolute Gasteiger partial charge is 0.412 e. The van der Waals surface area contributed by atoms with Crippen LogP contribution in [0, 0.1) is 0 Å². The van der Waals surface area contributed by atoms with Crippen LogP contribution in [0.2, 0.25) is 0 Å². The van der Waals surface area contributed by atoms with E-state index in [-0.39, 0.29) is 11.0 Å². The van der Waals surface area contributed by atoms with Crippen molar-refractivity contribution >= 4 is 6.08 Å². The first kappa shape index (κ1) is 17.1. The maximum absolute atomic E-state index is 5.63. The fourth-order valence-electron chi connectivity index (χ4n) is 1.90. The van der Waals surface area contributed by atoms with Crippen LogP contribution in [-0.4, -0.2) is 15.9 Å². The first-order valence-electron chi connectivity index (χ1n) is 5.98. The van der Waals surface area contributed by atoms with E-state index in [0.717, 1.165) is 36.2 Å². The van der Waals surface area contributed by atoms with Crippen molar-refractivity contribution in [2.24, 2.45) is 5.73 Å². The molecule has 104 valence electrons. The van der Waals surface area contributed by atoms with Gasteiger partial charge in [0.25, 0.3) is 0 Å². The number of rotatable bonds is 3. The fourth-order valence-corrected chi connectivity index (χ4v) is 1.90. The minimum atomic E-state index is 0. The van der Waals surface area contributed by atoms with Gasteiger partial charge in [0.1, 0.15) is 0 Å². The molecule has 19 heavy (non-hydrogen) atoms. The fraction of sp³-hybridized carbons (Fsp3) is 0.267. The molecule has 0 atom stereocenters. The van der Waals surface area contributed by atoms with E-state index in [0.29, 0.717) is 0 Å². The van der Waals surface area contributed by atoms with Gasteiger partial charge < -0.3 is 16.7 Å². The van der Waals surface area contributed by atoms with Gasteiger partial charge in [0, 0.05) is 24.0 Å². The van der Waals surface area contributed by atoms with Crippen molar-refractivity contribution in [2.45, 2.75) is 26.2 Å². The third-order valence-electron chi connectivity index (χ3n) is 2.70. The van der Waals surface area contributed by atoms with E-state index in [1.54, 1.807) is 0 Å². The Bertz CT molecular complexity index is 469. The molecular formula is C15H22N2O2. The van der Waals surface area contributed by atoms with E-state index in [2.05, 4.69) is 35.3 Å². The standard InChI is InChI=1S/C15H18N2.2H2O/c1-12(16)9-14-7-8-15(17-11-14)10-13-5-3-2-4-6-13;;/h3,5-9,11H,2,4,10,16H2,1H3;2*1H2/b12-9+;;. The second-order valence-corrected chi connectivity index (χ2v) is 4.41. The van der Waals surface area contributed by atoms with Crippen molar-refractivity contribution in [3.05, 3.63) is 59.1 Å². The van der Waals surface area contributed by atoms with Crippen LogP contribution in [0.1, 0.15) is 31.0 Å². The van der Waals surface area contributed by atoms with E-state index >= 15 is 0 Å². The zero-order valence-corrected chi connectivity index (χ0v) is 11.2. The maximum atomic E-state index is 5.63. The zero-order valence-electron chi connectivity index (χ0n) is 11.2. The lowest BCUT2D eigenvalue weighted by Gasteiger charge is -2.06. The van der Waals surface area contributed by atoms with Gasteiger partial charge in [0.2, 0.25) is 0 Å². The molecule has 0 aromatic carbocycles. The van der Waals surface area contributed by atoms with Gasteiger partial charge in [-0.1, -0.05) is 24.3 Å². The van der Waals surface area contributed by atoms with Crippen molar-refractivity contribution in [2.75, 3.05) is 0 Å². The molecular weight excluding hydrogens is 240 g/mol. The average Bonchev–Trinajstić information content (AvgIpc) is 2.32. The summed E-state index contributed by atoms with van der Waals surface area (Å²) in [5.41, 5.74) is 9.96. The van der Waals surface area contributed by atoms with Crippen LogP contribution in [0.3, 0.4) is 0 Å². The normalized spacial score (nSPS) is 14.2.